The highest BCUT2D eigenvalue weighted by Crippen LogP contribution is 1.88. The third kappa shape index (κ3) is 5.09. The Morgan fingerprint density at radius 1 is 1.50 bits per heavy atom. The topological polar surface area (TPSA) is 52.2 Å². The Labute approximate surface area is 73.6 Å². The second kappa shape index (κ2) is 5.97. The van der Waals surface area contributed by atoms with Crippen LogP contribution in [0.25, 0.3) is 0 Å². The van der Waals surface area contributed by atoms with Crippen LogP contribution in [0.4, 0.5) is 0 Å². The minimum atomic E-state index is -0.240. The van der Waals surface area contributed by atoms with Crippen molar-refractivity contribution in [3.63, 3.8) is 0 Å². The molecule has 0 saturated carbocycles. The molecule has 0 aromatic heterocycles. The Kier molecular flexibility index (Phi) is 5.66. The Hall–Kier alpha value is -0.610. The lowest BCUT2D eigenvalue weighted by atomic mass is 10.2. The molecular weight excluding hydrogens is 156 g/mol. The molecule has 0 spiro atoms. The van der Waals surface area contributed by atoms with Gasteiger partial charge in [0.1, 0.15) is 6.61 Å². The van der Waals surface area contributed by atoms with Gasteiger partial charge in [0.25, 0.3) is 0 Å². The van der Waals surface area contributed by atoms with E-state index in [1.165, 1.54) is 0 Å². The molecule has 0 aliphatic heterocycles. The molecule has 4 nitrogen and oxygen atoms in total. The van der Waals surface area contributed by atoms with Crippen LogP contribution < -0.4 is 5.32 Å². The van der Waals surface area contributed by atoms with Gasteiger partial charge in [-0.1, -0.05) is 6.92 Å². The summed E-state index contributed by atoms with van der Waals surface area (Å²) < 4.78 is 0. The molecule has 0 aliphatic rings. The van der Waals surface area contributed by atoms with Gasteiger partial charge in [-0.05, 0) is 20.5 Å². The standard InChI is InChI=1S/C8H17N2O2/c1-4-7(6-11)9-8(12)5-10(2)3/h7H,4-6H2,1-3H3,(H,9,12). The lowest BCUT2D eigenvalue weighted by Crippen LogP contribution is -2.41. The van der Waals surface area contributed by atoms with Crippen LogP contribution in [-0.2, 0) is 9.90 Å². The fourth-order valence-electron chi connectivity index (χ4n) is 0.822. The molecule has 0 aromatic rings. The van der Waals surface area contributed by atoms with Gasteiger partial charge in [-0.2, -0.15) is 0 Å². The number of carbonyl (C=O) groups excluding carboxylic acids is 1. The summed E-state index contributed by atoms with van der Waals surface area (Å²) in [6.07, 6.45) is 0.697. The Morgan fingerprint density at radius 2 is 2.08 bits per heavy atom. The van der Waals surface area contributed by atoms with Crippen LogP contribution in [0.1, 0.15) is 13.3 Å². The molecule has 0 aromatic carbocycles. The smallest absolute Gasteiger partial charge is 0.234 e. The summed E-state index contributed by atoms with van der Waals surface area (Å²) in [4.78, 5) is 12.9. The van der Waals surface area contributed by atoms with Gasteiger partial charge in [0, 0.05) is 0 Å². The fraction of sp³-hybridized carbons (Fsp3) is 0.875. The van der Waals surface area contributed by atoms with E-state index >= 15 is 0 Å². The van der Waals surface area contributed by atoms with E-state index in [1.807, 2.05) is 21.0 Å². The van der Waals surface area contributed by atoms with Crippen LogP contribution in [0.2, 0.25) is 0 Å². The quantitative estimate of drug-likeness (QED) is 0.630. The first-order valence-corrected chi connectivity index (χ1v) is 4.12. The summed E-state index contributed by atoms with van der Waals surface area (Å²) in [7, 11) is 3.63. The maximum atomic E-state index is 11.1. The van der Waals surface area contributed by atoms with Gasteiger partial charge in [0.15, 0.2) is 0 Å². The molecule has 71 valence electrons. The fourth-order valence-corrected chi connectivity index (χ4v) is 0.822. The van der Waals surface area contributed by atoms with Crippen molar-refractivity contribution in [3.05, 3.63) is 0 Å². The zero-order chi connectivity index (χ0) is 9.56. The average molecular weight is 173 g/mol. The van der Waals surface area contributed by atoms with Crippen molar-refractivity contribution >= 4 is 5.91 Å². The predicted molar refractivity (Wildman–Crippen MR) is 46.3 cm³/mol. The maximum Gasteiger partial charge on any atom is 0.234 e. The predicted octanol–water partition coefficient (Wildman–Crippen LogP) is -0.127. The normalized spacial score (nSPS) is 13.1. The van der Waals surface area contributed by atoms with Crippen LogP contribution in [0, 0.1) is 0 Å². The number of hydrogen-bond acceptors (Lipinski definition) is 2. The minimum Gasteiger partial charge on any atom is -0.350 e. The molecule has 0 heterocycles. The van der Waals surface area contributed by atoms with E-state index in [2.05, 4.69) is 5.32 Å². The van der Waals surface area contributed by atoms with Crippen molar-refractivity contribution in [3.8, 4) is 0 Å². The number of amides is 1. The molecule has 0 bridgehead atoms. The molecule has 0 rings (SSSR count). The van der Waals surface area contributed by atoms with E-state index in [9.17, 15) is 9.90 Å². The van der Waals surface area contributed by atoms with E-state index in [-0.39, 0.29) is 18.6 Å². The first-order valence-electron chi connectivity index (χ1n) is 4.12. The van der Waals surface area contributed by atoms with Crippen LogP contribution >= 0.6 is 0 Å². The molecule has 0 aliphatic carbocycles. The number of carbonyl (C=O) groups is 1. The zero-order valence-corrected chi connectivity index (χ0v) is 7.96. The SMILES string of the molecule is CCC(C[O])NC(=O)CN(C)C. The molecule has 1 N–H and O–H groups in total. The van der Waals surface area contributed by atoms with Gasteiger partial charge in [-0.25, -0.2) is 5.11 Å². The third-order valence-electron chi connectivity index (χ3n) is 1.52. The van der Waals surface area contributed by atoms with E-state index in [1.54, 1.807) is 4.90 Å². The van der Waals surface area contributed by atoms with E-state index < -0.39 is 0 Å². The Bertz CT molecular complexity index is 133. The molecular formula is C8H17N2O2. The van der Waals surface area contributed by atoms with Crippen LogP contribution in [0.15, 0.2) is 0 Å². The Morgan fingerprint density at radius 3 is 2.42 bits per heavy atom. The van der Waals surface area contributed by atoms with Gasteiger partial charge in [-0.15, -0.1) is 0 Å². The molecule has 1 atom stereocenters. The minimum absolute atomic E-state index is 0.0808. The summed E-state index contributed by atoms with van der Waals surface area (Å²) in [5, 5.41) is 13.1. The van der Waals surface area contributed by atoms with E-state index in [0.717, 1.165) is 0 Å². The number of likely N-dealkylation sites (N-methyl/N-ethyl adjacent to an activating group) is 1. The monoisotopic (exact) mass is 173 g/mol. The van der Waals surface area contributed by atoms with Crippen molar-refractivity contribution in [1.29, 1.82) is 0 Å². The first-order chi connectivity index (χ1) is 5.60. The number of nitrogens with zero attached hydrogens (tertiary/aromatic N) is 1. The Balaban J connectivity index is 3.66. The van der Waals surface area contributed by atoms with Gasteiger partial charge in [0.05, 0.1) is 12.6 Å². The summed E-state index contributed by atoms with van der Waals surface area (Å²) in [5.74, 6) is -0.0808. The zero-order valence-electron chi connectivity index (χ0n) is 7.96. The molecule has 1 amide bonds. The van der Waals surface area contributed by atoms with Crippen molar-refractivity contribution < 1.29 is 9.90 Å². The molecule has 12 heavy (non-hydrogen) atoms. The first kappa shape index (κ1) is 11.4. The summed E-state index contributed by atoms with van der Waals surface area (Å²) in [6, 6.07) is -0.211. The summed E-state index contributed by atoms with van der Waals surface area (Å²) >= 11 is 0. The maximum absolute atomic E-state index is 11.1. The molecule has 1 unspecified atom stereocenters. The van der Waals surface area contributed by atoms with Crippen molar-refractivity contribution in [1.82, 2.24) is 10.2 Å². The molecule has 0 saturated heterocycles. The summed E-state index contributed by atoms with van der Waals surface area (Å²) in [6.45, 7) is 1.99. The molecule has 4 heteroatoms. The number of rotatable bonds is 5. The van der Waals surface area contributed by atoms with Crippen molar-refractivity contribution in [2.75, 3.05) is 27.2 Å². The van der Waals surface area contributed by atoms with Gasteiger partial charge >= 0.3 is 0 Å². The largest absolute Gasteiger partial charge is 0.350 e. The van der Waals surface area contributed by atoms with Crippen molar-refractivity contribution in [2.24, 2.45) is 0 Å². The lowest BCUT2D eigenvalue weighted by molar-refractivity contribution is -0.122. The number of hydrogen-bond donors (Lipinski definition) is 1. The van der Waals surface area contributed by atoms with E-state index in [4.69, 9.17) is 0 Å². The van der Waals surface area contributed by atoms with Crippen molar-refractivity contribution in [2.45, 2.75) is 19.4 Å². The van der Waals surface area contributed by atoms with E-state index in [0.29, 0.717) is 13.0 Å². The van der Waals surface area contributed by atoms with Gasteiger partial charge < -0.3 is 10.2 Å². The highest BCUT2D eigenvalue weighted by atomic mass is 16.3. The average Bonchev–Trinajstić information content (AvgIpc) is 1.98. The number of nitrogens with one attached hydrogen (secondary N) is 1. The molecule has 1 radical (unpaired) electrons. The lowest BCUT2D eigenvalue weighted by Gasteiger charge is -2.15. The van der Waals surface area contributed by atoms with Gasteiger partial charge in [0.2, 0.25) is 5.91 Å². The second-order valence-electron chi connectivity index (χ2n) is 3.08. The highest BCUT2D eigenvalue weighted by Gasteiger charge is 2.09. The van der Waals surface area contributed by atoms with Gasteiger partial charge in [-0.3, -0.25) is 4.79 Å². The summed E-state index contributed by atoms with van der Waals surface area (Å²) in [5.41, 5.74) is 0. The third-order valence-corrected chi connectivity index (χ3v) is 1.52. The second-order valence-corrected chi connectivity index (χ2v) is 3.08. The van der Waals surface area contributed by atoms with Crippen LogP contribution in [0.5, 0.6) is 0 Å². The highest BCUT2D eigenvalue weighted by molar-refractivity contribution is 5.78. The molecule has 0 fully saturated rings. The van der Waals surface area contributed by atoms with Crippen LogP contribution in [-0.4, -0.2) is 44.1 Å². The van der Waals surface area contributed by atoms with Crippen LogP contribution in [0.3, 0.4) is 0 Å².